The molecule has 3 heteroatoms. The fourth-order valence-electron chi connectivity index (χ4n) is 1.86. The van der Waals surface area contributed by atoms with E-state index in [0.717, 1.165) is 16.7 Å². The number of hydrogen-bond donors (Lipinski definition) is 2. The van der Waals surface area contributed by atoms with Crippen LogP contribution in [0.3, 0.4) is 0 Å². The van der Waals surface area contributed by atoms with Crippen molar-refractivity contribution < 1.29 is 0 Å². The second kappa shape index (κ2) is 3.91. The van der Waals surface area contributed by atoms with Crippen molar-refractivity contribution in [2.45, 2.75) is 24.8 Å². The topological polar surface area (TPSA) is 38.0 Å². The molecule has 0 spiro atoms. The molecule has 1 aliphatic rings. The van der Waals surface area contributed by atoms with Gasteiger partial charge < -0.3 is 11.1 Å². The van der Waals surface area contributed by atoms with E-state index in [-0.39, 0.29) is 5.54 Å². The van der Waals surface area contributed by atoms with Gasteiger partial charge in [-0.15, -0.1) is 0 Å². The number of nitrogens with two attached hydrogens (primary N) is 1. The van der Waals surface area contributed by atoms with Crippen LogP contribution in [0.25, 0.3) is 0 Å². The number of rotatable bonds is 3. The first kappa shape index (κ1) is 9.99. The summed E-state index contributed by atoms with van der Waals surface area (Å²) in [5, 5.41) is 3.53. The lowest BCUT2D eigenvalue weighted by Gasteiger charge is -2.42. The molecule has 0 atom stereocenters. The van der Waals surface area contributed by atoms with E-state index in [1.54, 1.807) is 0 Å². The van der Waals surface area contributed by atoms with Gasteiger partial charge in [0.05, 0.1) is 0 Å². The monoisotopic (exact) mass is 254 g/mol. The van der Waals surface area contributed by atoms with Crippen molar-refractivity contribution in [1.82, 2.24) is 0 Å². The van der Waals surface area contributed by atoms with Crippen LogP contribution < -0.4 is 11.1 Å². The van der Waals surface area contributed by atoms with Gasteiger partial charge in [-0.3, -0.25) is 0 Å². The van der Waals surface area contributed by atoms with Gasteiger partial charge in [0.15, 0.2) is 0 Å². The van der Waals surface area contributed by atoms with Gasteiger partial charge in [0.1, 0.15) is 0 Å². The summed E-state index contributed by atoms with van der Waals surface area (Å²) in [6.07, 6.45) is 3.67. The molecule has 0 amide bonds. The third-order valence-corrected chi connectivity index (χ3v) is 3.43. The van der Waals surface area contributed by atoms with E-state index in [9.17, 15) is 0 Å². The second-order valence-corrected chi connectivity index (χ2v) is 4.89. The Morgan fingerprint density at radius 1 is 1.43 bits per heavy atom. The highest BCUT2D eigenvalue weighted by Crippen LogP contribution is 2.34. The van der Waals surface area contributed by atoms with Crippen molar-refractivity contribution in [1.29, 1.82) is 0 Å². The number of anilines is 1. The third-order valence-electron chi connectivity index (χ3n) is 2.94. The highest BCUT2D eigenvalue weighted by molar-refractivity contribution is 9.10. The molecule has 0 radical (unpaired) electrons. The van der Waals surface area contributed by atoms with E-state index in [1.165, 1.54) is 19.3 Å². The first-order valence-corrected chi connectivity index (χ1v) is 5.77. The maximum Gasteiger partial charge on any atom is 0.0495 e. The van der Waals surface area contributed by atoms with Crippen molar-refractivity contribution >= 4 is 21.6 Å². The molecule has 0 unspecified atom stereocenters. The van der Waals surface area contributed by atoms with E-state index in [1.807, 2.05) is 12.1 Å². The average molecular weight is 255 g/mol. The van der Waals surface area contributed by atoms with E-state index in [2.05, 4.69) is 33.4 Å². The summed E-state index contributed by atoms with van der Waals surface area (Å²) >= 11 is 3.46. The summed E-state index contributed by atoms with van der Waals surface area (Å²) in [5.41, 5.74) is 7.10. The van der Waals surface area contributed by atoms with Gasteiger partial charge in [-0.2, -0.15) is 0 Å². The first-order valence-electron chi connectivity index (χ1n) is 4.98. The van der Waals surface area contributed by atoms with Gasteiger partial charge in [0, 0.05) is 22.2 Å². The third kappa shape index (κ3) is 1.93. The lowest BCUT2D eigenvalue weighted by Crippen LogP contribution is -2.51. The van der Waals surface area contributed by atoms with Crippen LogP contribution in [0.2, 0.25) is 0 Å². The molecule has 14 heavy (non-hydrogen) atoms. The minimum absolute atomic E-state index is 0.167. The smallest absolute Gasteiger partial charge is 0.0495 e. The van der Waals surface area contributed by atoms with Crippen LogP contribution in [0.5, 0.6) is 0 Å². The van der Waals surface area contributed by atoms with Crippen molar-refractivity contribution in [3.63, 3.8) is 0 Å². The SMILES string of the molecule is NCC1(Nc2cccc(Br)c2)CCC1. The molecule has 0 aliphatic heterocycles. The van der Waals surface area contributed by atoms with Crippen molar-refractivity contribution in [3.05, 3.63) is 28.7 Å². The molecule has 2 nitrogen and oxygen atoms in total. The lowest BCUT2D eigenvalue weighted by molar-refractivity contribution is 0.287. The van der Waals surface area contributed by atoms with E-state index >= 15 is 0 Å². The van der Waals surface area contributed by atoms with Gasteiger partial charge in [0.25, 0.3) is 0 Å². The first-order chi connectivity index (χ1) is 6.74. The van der Waals surface area contributed by atoms with Crippen molar-refractivity contribution in [3.8, 4) is 0 Å². The summed E-state index contributed by atoms with van der Waals surface area (Å²) in [5.74, 6) is 0. The molecule has 1 saturated carbocycles. The average Bonchev–Trinajstić information content (AvgIpc) is 2.11. The molecule has 1 aromatic carbocycles. The zero-order chi connectivity index (χ0) is 10.0. The Bertz CT molecular complexity index is 315. The quantitative estimate of drug-likeness (QED) is 0.871. The summed E-state index contributed by atoms with van der Waals surface area (Å²) in [4.78, 5) is 0. The predicted octanol–water partition coefficient (Wildman–Crippen LogP) is 2.74. The van der Waals surface area contributed by atoms with Crippen molar-refractivity contribution in [2.24, 2.45) is 5.73 Å². The minimum atomic E-state index is 0.167. The number of hydrogen-bond acceptors (Lipinski definition) is 2. The number of nitrogens with one attached hydrogen (secondary N) is 1. The Morgan fingerprint density at radius 3 is 2.71 bits per heavy atom. The Labute approximate surface area is 93.0 Å². The predicted molar refractivity (Wildman–Crippen MR) is 63.4 cm³/mol. The summed E-state index contributed by atoms with van der Waals surface area (Å²) in [7, 11) is 0. The molecule has 0 saturated heterocycles. The molecule has 1 aromatic rings. The molecular formula is C11H15BrN2. The van der Waals surface area contributed by atoms with Crippen molar-refractivity contribution in [2.75, 3.05) is 11.9 Å². The summed E-state index contributed by atoms with van der Waals surface area (Å²) in [6.45, 7) is 0.722. The molecule has 1 fully saturated rings. The van der Waals surface area contributed by atoms with E-state index in [0.29, 0.717) is 0 Å². The zero-order valence-corrected chi connectivity index (χ0v) is 9.68. The fraction of sp³-hybridized carbons (Fsp3) is 0.455. The second-order valence-electron chi connectivity index (χ2n) is 3.97. The maximum absolute atomic E-state index is 5.78. The van der Waals surface area contributed by atoms with Gasteiger partial charge >= 0.3 is 0 Å². The molecule has 0 aromatic heterocycles. The fourth-order valence-corrected chi connectivity index (χ4v) is 2.26. The zero-order valence-electron chi connectivity index (χ0n) is 8.09. The number of benzene rings is 1. The normalized spacial score (nSPS) is 18.7. The van der Waals surface area contributed by atoms with Crippen LogP contribution in [0, 0.1) is 0 Å². The maximum atomic E-state index is 5.78. The molecule has 0 heterocycles. The Hall–Kier alpha value is -0.540. The van der Waals surface area contributed by atoms with Crippen LogP contribution in [0.1, 0.15) is 19.3 Å². The molecular weight excluding hydrogens is 240 g/mol. The molecule has 0 bridgehead atoms. The highest BCUT2D eigenvalue weighted by atomic mass is 79.9. The molecule has 2 rings (SSSR count). The lowest BCUT2D eigenvalue weighted by atomic mass is 9.76. The summed E-state index contributed by atoms with van der Waals surface area (Å²) < 4.78 is 1.11. The van der Waals surface area contributed by atoms with Gasteiger partial charge in [-0.25, -0.2) is 0 Å². The summed E-state index contributed by atoms with van der Waals surface area (Å²) in [6, 6.07) is 8.24. The Morgan fingerprint density at radius 2 is 2.21 bits per heavy atom. The van der Waals surface area contributed by atoms with E-state index < -0.39 is 0 Å². The number of halogens is 1. The van der Waals surface area contributed by atoms with E-state index in [4.69, 9.17) is 5.73 Å². The Balaban J connectivity index is 2.09. The van der Waals surface area contributed by atoms with Gasteiger partial charge in [-0.1, -0.05) is 22.0 Å². The van der Waals surface area contributed by atoms with Crippen LogP contribution >= 0.6 is 15.9 Å². The van der Waals surface area contributed by atoms with Gasteiger partial charge in [0.2, 0.25) is 0 Å². The molecule has 3 N–H and O–H groups in total. The van der Waals surface area contributed by atoms with Crippen LogP contribution in [0.4, 0.5) is 5.69 Å². The van der Waals surface area contributed by atoms with Gasteiger partial charge in [-0.05, 0) is 37.5 Å². The Kier molecular flexibility index (Phi) is 2.79. The standard InChI is InChI=1S/C11H15BrN2/c12-9-3-1-4-10(7-9)14-11(8-13)5-2-6-11/h1,3-4,7,14H,2,5-6,8,13H2. The van der Waals surface area contributed by atoms with Crippen LogP contribution in [-0.2, 0) is 0 Å². The minimum Gasteiger partial charge on any atom is -0.378 e. The molecule has 1 aliphatic carbocycles. The highest BCUT2D eigenvalue weighted by Gasteiger charge is 2.35. The molecule has 76 valence electrons. The largest absolute Gasteiger partial charge is 0.378 e. The van der Waals surface area contributed by atoms with Crippen LogP contribution in [-0.4, -0.2) is 12.1 Å². The van der Waals surface area contributed by atoms with Crippen LogP contribution in [0.15, 0.2) is 28.7 Å².